The summed E-state index contributed by atoms with van der Waals surface area (Å²) < 4.78 is 25.2. The second-order valence-corrected chi connectivity index (χ2v) is 3.73. The van der Waals surface area contributed by atoms with Crippen LogP contribution in [0.25, 0.3) is 0 Å². The standard InChI is InChI=1S/C8H15F2N.C2H6/c1-7(2)5-11-4-3-8(9,10)6-11;1-2/h7H,3-6H2,1-2H3;1-2H3. The third kappa shape index (κ3) is 5.19. The van der Waals surface area contributed by atoms with E-state index in [0.717, 1.165) is 6.54 Å². The zero-order chi connectivity index (χ0) is 10.5. The van der Waals surface area contributed by atoms with Crippen molar-refractivity contribution in [3.8, 4) is 0 Å². The Bertz CT molecular complexity index is 135. The molecular formula is C10H21F2N. The first-order chi connectivity index (χ1) is 5.99. The van der Waals surface area contributed by atoms with Crippen LogP contribution in [0, 0.1) is 5.92 Å². The van der Waals surface area contributed by atoms with Gasteiger partial charge in [0.05, 0.1) is 6.54 Å². The molecule has 0 saturated carbocycles. The highest BCUT2D eigenvalue weighted by Gasteiger charge is 2.37. The maximum atomic E-state index is 12.6. The first-order valence-corrected chi connectivity index (χ1v) is 5.10. The molecule has 1 aliphatic heterocycles. The van der Waals surface area contributed by atoms with Crippen molar-refractivity contribution in [1.82, 2.24) is 4.90 Å². The summed E-state index contributed by atoms with van der Waals surface area (Å²) in [6.45, 7) is 9.43. The number of rotatable bonds is 2. The fourth-order valence-electron chi connectivity index (χ4n) is 1.48. The smallest absolute Gasteiger partial charge is 0.261 e. The molecule has 0 aromatic carbocycles. The molecule has 1 fully saturated rings. The van der Waals surface area contributed by atoms with Gasteiger partial charge in [-0.3, -0.25) is 4.90 Å². The van der Waals surface area contributed by atoms with Gasteiger partial charge >= 0.3 is 0 Å². The van der Waals surface area contributed by atoms with Crippen LogP contribution in [-0.2, 0) is 0 Å². The van der Waals surface area contributed by atoms with E-state index in [1.165, 1.54) is 0 Å². The Hall–Kier alpha value is -0.180. The van der Waals surface area contributed by atoms with E-state index >= 15 is 0 Å². The van der Waals surface area contributed by atoms with E-state index in [9.17, 15) is 8.78 Å². The van der Waals surface area contributed by atoms with Crippen molar-refractivity contribution in [3.05, 3.63) is 0 Å². The lowest BCUT2D eigenvalue weighted by atomic mass is 10.2. The van der Waals surface area contributed by atoms with E-state index in [1.807, 2.05) is 18.7 Å². The Balaban J connectivity index is 0.000000671. The van der Waals surface area contributed by atoms with Gasteiger partial charge in [0.2, 0.25) is 0 Å². The Morgan fingerprint density at radius 2 is 1.85 bits per heavy atom. The molecule has 13 heavy (non-hydrogen) atoms. The summed E-state index contributed by atoms with van der Waals surface area (Å²) in [7, 11) is 0. The van der Waals surface area contributed by atoms with Crippen molar-refractivity contribution in [3.63, 3.8) is 0 Å². The first-order valence-electron chi connectivity index (χ1n) is 5.10. The third-order valence-corrected chi connectivity index (χ3v) is 1.87. The zero-order valence-electron chi connectivity index (χ0n) is 9.11. The van der Waals surface area contributed by atoms with Gasteiger partial charge in [0, 0.05) is 19.5 Å². The second kappa shape index (κ2) is 5.53. The highest BCUT2D eigenvalue weighted by Crippen LogP contribution is 2.26. The van der Waals surface area contributed by atoms with Gasteiger partial charge in [0.15, 0.2) is 0 Å². The predicted molar refractivity (Wildman–Crippen MR) is 52.2 cm³/mol. The summed E-state index contributed by atoms with van der Waals surface area (Å²) in [5, 5.41) is 0. The molecule has 0 aromatic rings. The molecule has 3 heteroatoms. The summed E-state index contributed by atoms with van der Waals surface area (Å²) in [5.74, 6) is -1.93. The summed E-state index contributed by atoms with van der Waals surface area (Å²) >= 11 is 0. The number of likely N-dealkylation sites (tertiary alicyclic amines) is 1. The van der Waals surface area contributed by atoms with E-state index in [-0.39, 0.29) is 13.0 Å². The largest absolute Gasteiger partial charge is 0.297 e. The summed E-state index contributed by atoms with van der Waals surface area (Å²) in [6.07, 6.45) is 0.0414. The number of hydrogen-bond donors (Lipinski definition) is 0. The van der Waals surface area contributed by atoms with Crippen molar-refractivity contribution in [2.24, 2.45) is 5.92 Å². The van der Waals surface area contributed by atoms with Crippen LogP contribution in [-0.4, -0.2) is 30.5 Å². The molecule has 1 heterocycles. The molecule has 0 amide bonds. The normalized spacial score (nSPS) is 21.5. The lowest BCUT2D eigenvalue weighted by Gasteiger charge is -2.17. The van der Waals surface area contributed by atoms with E-state index in [1.54, 1.807) is 0 Å². The molecule has 0 aliphatic carbocycles. The molecule has 0 spiro atoms. The van der Waals surface area contributed by atoms with Crippen LogP contribution < -0.4 is 0 Å². The Morgan fingerprint density at radius 3 is 2.15 bits per heavy atom. The van der Waals surface area contributed by atoms with Crippen molar-refractivity contribution in [2.75, 3.05) is 19.6 Å². The van der Waals surface area contributed by atoms with Crippen molar-refractivity contribution in [2.45, 2.75) is 40.0 Å². The molecular weight excluding hydrogens is 172 g/mol. The maximum absolute atomic E-state index is 12.6. The second-order valence-electron chi connectivity index (χ2n) is 3.73. The van der Waals surface area contributed by atoms with E-state index in [0.29, 0.717) is 12.5 Å². The van der Waals surface area contributed by atoms with Crippen LogP contribution in [0.2, 0.25) is 0 Å². The van der Waals surface area contributed by atoms with Crippen LogP contribution >= 0.6 is 0 Å². The molecule has 0 aromatic heterocycles. The monoisotopic (exact) mass is 193 g/mol. The fourth-order valence-corrected chi connectivity index (χ4v) is 1.48. The molecule has 0 bridgehead atoms. The number of hydrogen-bond acceptors (Lipinski definition) is 1. The number of alkyl halides is 2. The van der Waals surface area contributed by atoms with Crippen molar-refractivity contribution in [1.29, 1.82) is 0 Å². The quantitative estimate of drug-likeness (QED) is 0.651. The van der Waals surface area contributed by atoms with Crippen LogP contribution in [0.15, 0.2) is 0 Å². The van der Waals surface area contributed by atoms with Gasteiger partial charge in [0.25, 0.3) is 5.92 Å². The SMILES string of the molecule is CC.CC(C)CN1CCC(F)(F)C1. The minimum atomic E-state index is -2.42. The molecule has 1 nitrogen and oxygen atoms in total. The van der Waals surface area contributed by atoms with Gasteiger partial charge in [-0.1, -0.05) is 27.7 Å². The Morgan fingerprint density at radius 1 is 1.31 bits per heavy atom. The van der Waals surface area contributed by atoms with Gasteiger partial charge < -0.3 is 0 Å². The van der Waals surface area contributed by atoms with Crippen LogP contribution in [0.5, 0.6) is 0 Å². The molecule has 0 radical (unpaired) electrons. The van der Waals surface area contributed by atoms with Gasteiger partial charge in [-0.15, -0.1) is 0 Å². The minimum Gasteiger partial charge on any atom is -0.297 e. The summed E-state index contributed by atoms with van der Waals surface area (Å²) in [5.41, 5.74) is 0. The molecule has 1 saturated heterocycles. The van der Waals surface area contributed by atoms with E-state index < -0.39 is 5.92 Å². The number of halogens is 2. The third-order valence-electron chi connectivity index (χ3n) is 1.87. The average molecular weight is 193 g/mol. The lowest BCUT2D eigenvalue weighted by Crippen LogP contribution is -2.28. The molecule has 0 N–H and O–H groups in total. The fraction of sp³-hybridized carbons (Fsp3) is 1.00. The molecule has 0 atom stereocenters. The highest BCUT2D eigenvalue weighted by molar-refractivity contribution is 4.81. The average Bonchev–Trinajstić information content (AvgIpc) is 2.33. The summed E-state index contributed by atoms with van der Waals surface area (Å²) in [6, 6.07) is 0. The molecule has 1 aliphatic rings. The topological polar surface area (TPSA) is 3.24 Å². The van der Waals surface area contributed by atoms with Crippen LogP contribution in [0.3, 0.4) is 0 Å². The Labute approximate surface area is 80.1 Å². The van der Waals surface area contributed by atoms with Gasteiger partial charge in [0.1, 0.15) is 0 Å². The van der Waals surface area contributed by atoms with Crippen LogP contribution in [0.1, 0.15) is 34.1 Å². The predicted octanol–water partition coefficient (Wildman–Crippen LogP) is 3.01. The van der Waals surface area contributed by atoms with Gasteiger partial charge in [-0.05, 0) is 5.92 Å². The van der Waals surface area contributed by atoms with E-state index in [4.69, 9.17) is 0 Å². The maximum Gasteiger partial charge on any atom is 0.261 e. The van der Waals surface area contributed by atoms with E-state index in [2.05, 4.69) is 13.8 Å². The number of nitrogens with zero attached hydrogens (tertiary/aromatic N) is 1. The lowest BCUT2D eigenvalue weighted by molar-refractivity contribution is 0.0113. The van der Waals surface area contributed by atoms with Crippen molar-refractivity contribution < 1.29 is 8.78 Å². The van der Waals surface area contributed by atoms with Gasteiger partial charge in [-0.25, -0.2) is 8.78 Å². The zero-order valence-corrected chi connectivity index (χ0v) is 9.11. The van der Waals surface area contributed by atoms with Crippen LogP contribution in [0.4, 0.5) is 8.78 Å². The summed E-state index contributed by atoms with van der Waals surface area (Å²) in [4.78, 5) is 1.84. The minimum absolute atomic E-state index is 0.0365. The molecule has 80 valence electrons. The van der Waals surface area contributed by atoms with Crippen molar-refractivity contribution >= 4 is 0 Å². The Kier molecular flexibility index (Phi) is 5.45. The highest BCUT2D eigenvalue weighted by atomic mass is 19.3. The molecule has 0 unspecified atom stereocenters. The molecule has 1 rings (SSSR count). The first kappa shape index (κ1) is 12.8. The van der Waals surface area contributed by atoms with Gasteiger partial charge in [-0.2, -0.15) is 0 Å².